The third-order valence-corrected chi connectivity index (χ3v) is 4.22. The van der Waals surface area contributed by atoms with Gasteiger partial charge in [-0.05, 0) is 42.7 Å². The molecule has 0 fully saturated rings. The Morgan fingerprint density at radius 3 is 2.62 bits per heavy atom. The number of rotatable bonds is 5. The van der Waals surface area contributed by atoms with Gasteiger partial charge in [-0.1, -0.05) is 29.8 Å². The summed E-state index contributed by atoms with van der Waals surface area (Å²) in [5.74, 6) is -0.529. The van der Waals surface area contributed by atoms with E-state index in [0.29, 0.717) is 0 Å². The number of aryl methyl sites for hydroxylation is 2. The first-order valence-electron chi connectivity index (χ1n) is 8.30. The first-order chi connectivity index (χ1) is 12.5. The largest absolute Gasteiger partial charge is 0.340 e. The summed E-state index contributed by atoms with van der Waals surface area (Å²) in [5, 5.41) is 9.52. The highest BCUT2D eigenvalue weighted by Crippen LogP contribution is 2.26. The summed E-state index contributed by atoms with van der Waals surface area (Å²) in [6.45, 7) is 5.43. The summed E-state index contributed by atoms with van der Waals surface area (Å²) >= 11 is 0. The number of amides is 1. The maximum Gasteiger partial charge on any atom is 0.270 e. The second-order valence-corrected chi connectivity index (χ2v) is 6.28. The van der Waals surface area contributed by atoms with E-state index in [1.807, 2.05) is 38.1 Å². The summed E-state index contributed by atoms with van der Waals surface area (Å²) in [6, 6.07) is 11.0. The van der Waals surface area contributed by atoms with Crippen LogP contribution in [0.4, 0.5) is 0 Å². The molecule has 1 amide bonds. The minimum atomic E-state index is -0.361. The minimum Gasteiger partial charge on any atom is -0.340 e. The molecule has 3 rings (SSSR count). The van der Waals surface area contributed by atoms with E-state index in [1.54, 1.807) is 12.4 Å². The van der Waals surface area contributed by atoms with E-state index < -0.39 is 0 Å². The van der Waals surface area contributed by atoms with Crippen LogP contribution in [0, 0.1) is 13.8 Å². The Labute approximate surface area is 151 Å². The third-order valence-electron chi connectivity index (χ3n) is 4.22. The molecule has 0 aliphatic rings. The van der Waals surface area contributed by atoms with Gasteiger partial charge in [0.15, 0.2) is 5.78 Å². The molecule has 0 radical (unpaired) electrons. The molecule has 0 aliphatic heterocycles. The SMILES string of the molecule is CC(=O)c1cc(C(=O)N[C@H](c2cccnc2)c2cc(C)ccc2C)[nH]n1. The van der Waals surface area contributed by atoms with Crippen LogP contribution in [-0.2, 0) is 0 Å². The topological polar surface area (TPSA) is 87.7 Å². The number of carbonyl (C=O) groups excluding carboxylic acids is 2. The van der Waals surface area contributed by atoms with Gasteiger partial charge < -0.3 is 5.32 Å². The minimum absolute atomic E-state index is 0.196. The van der Waals surface area contributed by atoms with E-state index in [4.69, 9.17) is 0 Å². The number of ketones is 1. The molecule has 132 valence electrons. The quantitative estimate of drug-likeness (QED) is 0.693. The number of hydrogen-bond donors (Lipinski definition) is 2. The van der Waals surface area contributed by atoms with Gasteiger partial charge in [-0.2, -0.15) is 5.10 Å². The first kappa shape index (κ1) is 17.5. The molecular formula is C20H20N4O2. The Bertz CT molecular complexity index is 947. The number of H-pyrrole nitrogens is 1. The Hall–Kier alpha value is -3.28. The molecule has 3 aromatic rings. The van der Waals surface area contributed by atoms with Crippen molar-refractivity contribution in [1.82, 2.24) is 20.5 Å². The number of nitrogens with one attached hydrogen (secondary N) is 2. The van der Waals surface area contributed by atoms with Gasteiger partial charge in [-0.15, -0.1) is 0 Å². The van der Waals surface area contributed by atoms with Gasteiger partial charge in [-0.3, -0.25) is 19.7 Å². The number of carbonyl (C=O) groups is 2. The molecule has 26 heavy (non-hydrogen) atoms. The lowest BCUT2D eigenvalue weighted by molar-refractivity contribution is 0.0937. The van der Waals surface area contributed by atoms with Crippen LogP contribution in [0.25, 0.3) is 0 Å². The zero-order chi connectivity index (χ0) is 18.7. The Balaban J connectivity index is 1.97. The highest BCUT2D eigenvalue weighted by Gasteiger charge is 2.21. The standard InChI is InChI=1S/C20H20N4O2/c1-12-6-7-13(2)16(9-12)19(15-5-4-8-21-11-15)22-20(26)18-10-17(14(3)25)23-24-18/h4-11,19H,1-3H3,(H,22,26)(H,23,24)/t19-/m1/s1. The summed E-state index contributed by atoms with van der Waals surface area (Å²) < 4.78 is 0. The third kappa shape index (κ3) is 3.69. The molecule has 1 atom stereocenters. The first-order valence-corrected chi connectivity index (χ1v) is 8.30. The van der Waals surface area contributed by atoms with Crippen LogP contribution in [-0.4, -0.2) is 26.9 Å². The average molecular weight is 348 g/mol. The molecule has 0 aliphatic carbocycles. The van der Waals surface area contributed by atoms with Crippen molar-refractivity contribution in [2.24, 2.45) is 0 Å². The summed E-state index contributed by atoms with van der Waals surface area (Å²) in [4.78, 5) is 28.3. The zero-order valence-corrected chi connectivity index (χ0v) is 14.9. The summed E-state index contributed by atoms with van der Waals surface area (Å²) in [6.07, 6.45) is 3.43. The van der Waals surface area contributed by atoms with Gasteiger partial charge in [0, 0.05) is 19.3 Å². The molecule has 0 spiro atoms. The lowest BCUT2D eigenvalue weighted by Gasteiger charge is -2.21. The van der Waals surface area contributed by atoms with Crippen LogP contribution in [0.15, 0.2) is 48.8 Å². The van der Waals surface area contributed by atoms with Crippen LogP contribution in [0.3, 0.4) is 0 Å². The van der Waals surface area contributed by atoms with Gasteiger partial charge in [0.2, 0.25) is 0 Å². The molecule has 0 saturated heterocycles. The molecule has 2 heterocycles. The fraction of sp³-hybridized carbons (Fsp3) is 0.200. The van der Waals surface area contributed by atoms with Crippen molar-refractivity contribution in [3.05, 3.63) is 82.4 Å². The molecule has 0 unspecified atom stereocenters. The maximum atomic E-state index is 12.7. The Kier molecular flexibility index (Phi) is 4.93. The van der Waals surface area contributed by atoms with E-state index in [2.05, 4.69) is 26.6 Å². The van der Waals surface area contributed by atoms with Crippen LogP contribution in [0.1, 0.15) is 56.2 Å². The number of pyridine rings is 1. The smallest absolute Gasteiger partial charge is 0.270 e. The molecular weight excluding hydrogens is 328 g/mol. The zero-order valence-electron chi connectivity index (χ0n) is 14.9. The lowest BCUT2D eigenvalue weighted by atomic mass is 9.94. The highest BCUT2D eigenvalue weighted by atomic mass is 16.2. The van der Waals surface area contributed by atoms with E-state index >= 15 is 0 Å². The molecule has 6 heteroatoms. The predicted octanol–water partition coefficient (Wildman–Crippen LogP) is 3.14. The monoisotopic (exact) mass is 348 g/mol. The Morgan fingerprint density at radius 2 is 1.96 bits per heavy atom. The molecule has 2 aromatic heterocycles. The summed E-state index contributed by atoms with van der Waals surface area (Å²) in [7, 11) is 0. The van der Waals surface area contributed by atoms with Crippen LogP contribution >= 0.6 is 0 Å². The van der Waals surface area contributed by atoms with Crippen LogP contribution in [0.5, 0.6) is 0 Å². The number of hydrogen-bond acceptors (Lipinski definition) is 4. The van der Waals surface area contributed by atoms with Gasteiger partial charge in [0.25, 0.3) is 5.91 Å². The number of benzene rings is 1. The van der Waals surface area contributed by atoms with Crippen LogP contribution in [0.2, 0.25) is 0 Å². The van der Waals surface area contributed by atoms with E-state index in [9.17, 15) is 9.59 Å². The van der Waals surface area contributed by atoms with Gasteiger partial charge >= 0.3 is 0 Å². The molecule has 6 nitrogen and oxygen atoms in total. The predicted molar refractivity (Wildman–Crippen MR) is 98.1 cm³/mol. The van der Waals surface area contributed by atoms with Crippen molar-refractivity contribution in [1.29, 1.82) is 0 Å². The number of nitrogens with zero attached hydrogens (tertiary/aromatic N) is 2. The van der Waals surface area contributed by atoms with E-state index in [1.165, 1.54) is 13.0 Å². The van der Waals surface area contributed by atoms with Gasteiger partial charge in [-0.25, -0.2) is 0 Å². The molecule has 1 aromatic carbocycles. The van der Waals surface area contributed by atoms with Gasteiger partial charge in [0.1, 0.15) is 11.4 Å². The number of aromatic nitrogens is 3. The van der Waals surface area contributed by atoms with Crippen molar-refractivity contribution >= 4 is 11.7 Å². The van der Waals surface area contributed by atoms with Gasteiger partial charge in [0.05, 0.1) is 6.04 Å². The molecule has 2 N–H and O–H groups in total. The second kappa shape index (κ2) is 7.31. The van der Waals surface area contributed by atoms with Crippen molar-refractivity contribution < 1.29 is 9.59 Å². The molecule has 0 bridgehead atoms. The second-order valence-electron chi connectivity index (χ2n) is 6.28. The maximum absolute atomic E-state index is 12.7. The fourth-order valence-electron chi connectivity index (χ4n) is 2.79. The van der Waals surface area contributed by atoms with Crippen LogP contribution < -0.4 is 5.32 Å². The molecule has 0 saturated carbocycles. The summed E-state index contributed by atoms with van der Waals surface area (Å²) in [5.41, 5.74) is 4.53. The van der Waals surface area contributed by atoms with E-state index in [-0.39, 0.29) is 29.1 Å². The van der Waals surface area contributed by atoms with Crippen molar-refractivity contribution in [3.63, 3.8) is 0 Å². The fourth-order valence-corrected chi connectivity index (χ4v) is 2.79. The van der Waals surface area contributed by atoms with Crippen molar-refractivity contribution in [3.8, 4) is 0 Å². The number of aromatic amines is 1. The average Bonchev–Trinajstić information content (AvgIpc) is 3.13. The number of Topliss-reactive ketones (excluding diaryl/α,β-unsaturated/α-hetero) is 1. The highest BCUT2D eigenvalue weighted by molar-refractivity contribution is 5.97. The van der Waals surface area contributed by atoms with E-state index in [0.717, 1.165) is 22.3 Å². The van der Waals surface area contributed by atoms with Crippen molar-refractivity contribution in [2.75, 3.05) is 0 Å². The Morgan fingerprint density at radius 1 is 1.15 bits per heavy atom. The van der Waals surface area contributed by atoms with Crippen molar-refractivity contribution in [2.45, 2.75) is 26.8 Å². The lowest BCUT2D eigenvalue weighted by Crippen LogP contribution is -2.30. The normalized spacial score (nSPS) is 11.8.